The lowest BCUT2D eigenvalue weighted by Gasteiger charge is -2.03. The minimum absolute atomic E-state index is 0.0477. The van der Waals surface area contributed by atoms with Crippen LogP contribution in [0.25, 0.3) is 0 Å². The van der Waals surface area contributed by atoms with Gasteiger partial charge in [0.1, 0.15) is 5.76 Å². The van der Waals surface area contributed by atoms with E-state index in [1.54, 1.807) is 41.0 Å². The quantitative estimate of drug-likeness (QED) is 0.667. The van der Waals surface area contributed by atoms with Crippen LogP contribution in [0.15, 0.2) is 22.8 Å². The van der Waals surface area contributed by atoms with Crippen molar-refractivity contribution in [1.29, 1.82) is 0 Å². The lowest BCUT2D eigenvalue weighted by Crippen LogP contribution is -2.11. The predicted octanol–water partition coefficient (Wildman–Crippen LogP) is 1.63. The molecule has 3 nitrogen and oxygen atoms in total. The van der Waals surface area contributed by atoms with Crippen molar-refractivity contribution in [3.8, 4) is 0 Å². The first-order chi connectivity index (χ1) is 5.20. The normalized spacial score (nSPS) is 12.9. The third kappa shape index (κ3) is 2.63. The molecule has 0 fully saturated rings. The summed E-state index contributed by atoms with van der Waals surface area (Å²) in [5.74, 6) is 0.662. The molecule has 0 saturated carbocycles. The molecule has 0 radical (unpaired) electrons. The summed E-state index contributed by atoms with van der Waals surface area (Å²) in [5, 5.41) is 0. The lowest BCUT2D eigenvalue weighted by atomic mass is 10.2. The Morgan fingerprint density at radius 1 is 1.82 bits per heavy atom. The van der Waals surface area contributed by atoms with Crippen LogP contribution in [0.2, 0.25) is 0 Å². The molecule has 1 aromatic rings. The van der Waals surface area contributed by atoms with Crippen LogP contribution in [0, 0.1) is 0 Å². The molecule has 0 aromatic carbocycles. The Hall–Kier alpha value is -0.360. The Labute approximate surface area is 78.1 Å². The Morgan fingerprint density at radius 3 is 3.00 bits per heavy atom. The van der Waals surface area contributed by atoms with Crippen LogP contribution in [0.1, 0.15) is 18.2 Å². The zero-order valence-electron chi connectivity index (χ0n) is 5.79. The SMILES string of the molecule is NC(CC(=O)I)c1ccco1. The topological polar surface area (TPSA) is 56.2 Å². The van der Waals surface area contributed by atoms with Gasteiger partial charge in [-0.05, 0) is 34.7 Å². The van der Waals surface area contributed by atoms with E-state index >= 15 is 0 Å². The van der Waals surface area contributed by atoms with Crippen molar-refractivity contribution in [2.75, 3.05) is 0 Å². The first kappa shape index (κ1) is 8.73. The van der Waals surface area contributed by atoms with Crippen molar-refractivity contribution < 1.29 is 9.21 Å². The van der Waals surface area contributed by atoms with Gasteiger partial charge in [-0.25, -0.2) is 0 Å². The fourth-order valence-electron chi connectivity index (χ4n) is 0.776. The summed E-state index contributed by atoms with van der Waals surface area (Å²) in [7, 11) is 0. The van der Waals surface area contributed by atoms with E-state index in [9.17, 15) is 4.79 Å². The van der Waals surface area contributed by atoms with Crippen LogP contribution < -0.4 is 5.73 Å². The second-order valence-corrected chi connectivity index (χ2v) is 3.38. The number of carbonyl (C=O) groups excluding carboxylic acids is 1. The maximum absolute atomic E-state index is 10.6. The van der Waals surface area contributed by atoms with E-state index in [4.69, 9.17) is 10.2 Å². The van der Waals surface area contributed by atoms with Crippen molar-refractivity contribution in [3.05, 3.63) is 24.2 Å². The summed E-state index contributed by atoms with van der Waals surface area (Å²) in [6, 6.07) is 3.23. The number of halogens is 1. The average molecular weight is 265 g/mol. The van der Waals surface area contributed by atoms with Crippen molar-refractivity contribution in [2.24, 2.45) is 5.73 Å². The molecular formula is C7H8INO2. The number of furan rings is 1. The van der Waals surface area contributed by atoms with E-state index in [0.717, 1.165) is 0 Å². The highest BCUT2D eigenvalue weighted by molar-refractivity contribution is 14.1. The zero-order chi connectivity index (χ0) is 8.27. The fraction of sp³-hybridized carbons (Fsp3) is 0.286. The van der Waals surface area contributed by atoms with Gasteiger partial charge in [-0.15, -0.1) is 0 Å². The fourth-order valence-corrected chi connectivity index (χ4v) is 1.25. The van der Waals surface area contributed by atoms with Crippen LogP contribution in [-0.4, -0.2) is 3.79 Å². The summed E-state index contributed by atoms with van der Waals surface area (Å²) in [4.78, 5) is 10.6. The first-order valence-electron chi connectivity index (χ1n) is 3.17. The maximum Gasteiger partial charge on any atom is 0.194 e. The third-order valence-corrected chi connectivity index (χ3v) is 1.73. The van der Waals surface area contributed by atoms with Crippen LogP contribution >= 0.6 is 22.6 Å². The summed E-state index contributed by atoms with van der Waals surface area (Å²) in [6.45, 7) is 0. The molecule has 0 spiro atoms. The monoisotopic (exact) mass is 265 g/mol. The number of hydrogen-bond acceptors (Lipinski definition) is 3. The predicted molar refractivity (Wildman–Crippen MR) is 49.3 cm³/mol. The molecule has 1 atom stereocenters. The second kappa shape index (κ2) is 3.87. The summed E-state index contributed by atoms with van der Waals surface area (Å²) >= 11 is 1.72. The molecule has 0 aliphatic heterocycles. The van der Waals surface area contributed by atoms with Crippen LogP contribution in [0.4, 0.5) is 0 Å². The van der Waals surface area contributed by atoms with E-state index in [-0.39, 0.29) is 9.83 Å². The van der Waals surface area contributed by atoms with Crippen LogP contribution in [-0.2, 0) is 4.79 Å². The highest BCUT2D eigenvalue weighted by Crippen LogP contribution is 2.15. The molecule has 1 unspecified atom stereocenters. The van der Waals surface area contributed by atoms with E-state index < -0.39 is 0 Å². The highest BCUT2D eigenvalue weighted by Gasteiger charge is 2.11. The van der Waals surface area contributed by atoms with Crippen molar-refractivity contribution in [2.45, 2.75) is 12.5 Å². The Balaban J connectivity index is 2.56. The van der Waals surface area contributed by atoms with Crippen LogP contribution in [0.3, 0.4) is 0 Å². The smallest absolute Gasteiger partial charge is 0.194 e. The van der Waals surface area contributed by atoms with E-state index in [1.165, 1.54) is 0 Å². The maximum atomic E-state index is 10.6. The Morgan fingerprint density at radius 2 is 2.55 bits per heavy atom. The minimum atomic E-state index is -0.297. The number of hydrogen-bond donors (Lipinski definition) is 1. The van der Waals surface area contributed by atoms with Crippen molar-refractivity contribution >= 4 is 26.4 Å². The largest absolute Gasteiger partial charge is 0.468 e. The molecule has 11 heavy (non-hydrogen) atoms. The van der Waals surface area contributed by atoms with E-state index in [0.29, 0.717) is 12.2 Å². The third-order valence-electron chi connectivity index (χ3n) is 1.29. The van der Waals surface area contributed by atoms with Gasteiger partial charge in [0.05, 0.1) is 12.3 Å². The Bertz CT molecular complexity index is 233. The summed E-state index contributed by atoms with van der Waals surface area (Å²) in [6.07, 6.45) is 1.88. The number of carbonyl (C=O) groups is 1. The molecule has 1 aromatic heterocycles. The zero-order valence-corrected chi connectivity index (χ0v) is 7.95. The molecule has 0 aliphatic carbocycles. The van der Waals surface area contributed by atoms with Gasteiger partial charge in [0, 0.05) is 6.42 Å². The second-order valence-electron chi connectivity index (χ2n) is 2.18. The molecule has 0 aliphatic rings. The molecule has 1 rings (SSSR count). The van der Waals surface area contributed by atoms with Gasteiger partial charge in [0.25, 0.3) is 0 Å². The highest BCUT2D eigenvalue weighted by atomic mass is 127. The number of nitrogens with two attached hydrogens (primary N) is 1. The van der Waals surface area contributed by atoms with E-state index in [1.807, 2.05) is 0 Å². The Kier molecular flexibility index (Phi) is 3.07. The van der Waals surface area contributed by atoms with Gasteiger partial charge in [0.15, 0.2) is 3.79 Å². The summed E-state index contributed by atoms with van der Waals surface area (Å²) in [5.41, 5.74) is 5.62. The van der Waals surface area contributed by atoms with Gasteiger partial charge in [0.2, 0.25) is 0 Å². The lowest BCUT2D eigenvalue weighted by molar-refractivity contribution is -0.109. The standard InChI is InChI=1S/C7H8INO2/c8-7(10)4-5(9)6-2-1-3-11-6/h1-3,5H,4,9H2. The molecule has 1 heterocycles. The van der Waals surface area contributed by atoms with Gasteiger partial charge in [-0.2, -0.15) is 0 Å². The molecule has 0 bridgehead atoms. The first-order valence-corrected chi connectivity index (χ1v) is 4.25. The van der Waals surface area contributed by atoms with Gasteiger partial charge in [-0.1, -0.05) is 0 Å². The minimum Gasteiger partial charge on any atom is -0.468 e. The molecule has 4 heteroatoms. The molecule has 0 saturated heterocycles. The van der Waals surface area contributed by atoms with Gasteiger partial charge < -0.3 is 10.2 Å². The van der Waals surface area contributed by atoms with E-state index in [2.05, 4.69) is 0 Å². The molecular weight excluding hydrogens is 257 g/mol. The summed E-state index contributed by atoms with van der Waals surface area (Å²) < 4.78 is 5.06. The van der Waals surface area contributed by atoms with Crippen molar-refractivity contribution in [1.82, 2.24) is 0 Å². The molecule has 2 N–H and O–H groups in total. The van der Waals surface area contributed by atoms with Gasteiger partial charge >= 0.3 is 0 Å². The number of rotatable bonds is 3. The average Bonchev–Trinajstić information content (AvgIpc) is 2.35. The molecule has 60 valence electrons. The van der Waals surface area contributed by atoms with Crippen LogP contribution in [0.5, 0.6) is 0 Å². The van der Waals surface area contributed by atoms with Crippen molar-refractivity contribution in [3.63, 3.8) is 0 Å². The molecule has 0 amide bonds. The van der Waals surface area contributed by atoms with Gasteiger partial charge in [-0.3, -0.25) is 4.79 Å².